The van der Waals surface area contributed by atoms with Crippen molar-refractivity contribution >= 4 is 0 Å². The average Bonchev–Trinajstić information content (AvgIpc) is 3.22. The molecule has 0 aliphatic carbocycles. The maximum absolute atomic E-state index is 4.91. The molecule has 134 valence electrons. The Morgan fingerprint density at radius 1 is 1.12 bits per heavy atom. The summed E-state index contributed by atoms with van der Waals surface area (Å²) < 4.78 is 2.06. The van der Waals surface area contributed by atoms with E-state index in [1.165, 1.54) is 56.7 Å². The van der Waals surface area contributed by atoms with E-state index >= 15 is 0 Å². The van der Waals surface area contributed by atoms with E-state index in [2.05, 4.69) is 65.3 Å². The summed E-state index contributed by atoms with van der Waals surface area (Å²) >= 11 is 0. The number of hydrogen-bond donors (Lipinski definition) is 1. The van der Waals surface area contributed by atoms with Gasteiger partial charge in [0.15, 0.2) is 0 Å². The Kier molecular flexibility index (Phi) is 4.65. The molecule has 4 heteroatoms. The van der Waals surface area contributed by atoms with E-state index in [0.29, 0.717) is 11.3 Å². The molecule has 1 spiro atoms. The Morgan fingerprint density at radius 2 is 1.88 bits per heavy atom. The molecule has 3 heterocycles. The van der Waals surface area contributed by atoms with Gasteiger partial charge < -0.3 is 5.32 Å². The van der Waals surface area contributed by atoms with Crippen LogP contribution in [0.25, 0.3) is 5.69 Å². The first kappa shape index (κ1) is 16.8. The molecule has 0 atom stereocenters. The number of likely N-dealkylation sites (tertiary alicyclic amines) is 1. The van der Waals surface area contributed by atoms with Crippen LogP contribution in [-0.4, -0.2) is 40.9 Å². The smallest absolute Gasteiger partial charge is 0.0699 e. The Balaban J connectivity index is 1.53. The predicted octanol–water partition coefficient (Wildman–Crippen LogP) is 3.57. The normalized spacial score (nSPS) is 20.6. The number of aromatic nitrogens is 2. The summed E-state index contributed by atoms with van der Waals surface area (Å²) in [6, 6.07) is 10.5. The lowest BCUT2D eigenvalue weighted by Crippen LogP contribution is -2.38. The van der Waals surface area contributed by atoms with E-state index < -0.39 is 0 Å². The molecular formula is C21H30N4. The van der Waals surface area contributed by atoms with Crippen LogP contribution in [0.3, 0.4) is 0 Å². The van der Waals surface area contributed by atoms with Crippen LogP contribution in [0.2, 0.25) is 0 Å². The van der Waals surface area contributed by atoms with Gasteiger partial charge in [0.2, 0.25) is 0 Å². The van der Waals surface area contributed by atoms with E-state index in [-0.39, 0.29) is 0 Å². The standard InChI is InChI=1S/C21H30N4/c1-17(2)20-18(15-25(23-20)19-6-4-3-5-7-19)14-24-13-10-21(16-24)8-11-22-12-9-21/h3-7,15,17,22H,8-14,16H2,1-2H3. The maximum Gasteiger partial charge on any atom is 0.0699 e. The van der Waals surface area contributed by atoms with Gasteiger partial charge in [-0.1, -0.05) is 32.0 Å². The zero-order valence-corrected chi connectivity index (χ0v) is 15.5. The van der Waals surface area contributed by atoms with Gasteiger partial charge >= 0.3 is 0 Å². The molecule has 2 saturated heterocycles. The highest BCUT2D eigenvalue weighted by atomic mass is 15.3. The summed E-state index contributed by atoms with van der Waals surface area (Å²) in [7, 11) is 0. The van der Waals surface area contributed by atoms with Gasteiger partial charge in [0.25, 0.3) is 0 Å². The van der Waals surface area contributed by atoms with Crippen molar-refractivity contribution in [2.45, 2.75) is 45.6 Å². The van der Waals surface area contributed by atoms with Crippen LogP contribution in [-0.2, 0) is 6.54 Å². The lowest BCUT2D eigenvalue weighted by molar-refractivity contribution is 0.194. The molecular weight excluding hydrogens is 308 g/mol. The first-order chi connectivity index (χ1) is 12.2. The molecule has 4 nitrogen and oxygen atoms in total. The minimum absolute atomic E-state index is 0.454. The van der Waals surface area contributed by atoms with Crippen LogP contribution in [0.1, 0.15) is 50.3 Å². The van der Waals surface area contributed by atoms with Crippen molar-refractivity contribution in [2.24, 2.45) is 5.41 Å². The van der Waals surface area contributed by atoms with Crippen molar-refractivity contribution in [3.05, 3.63) is 47.8 Å². The van der Waals surface area contributed by atoms with Gasteiger partial charge in [-0.25, -0.2) is 4.68 Å². The van der Waals surface area contributed by atoms with Crippen LogP contribution >= 0.6 is 0 Å². The lowest BCUT2D eigenvalue weighted by Gasteiger charge is -2.33. The van der Waals surface area contributed by atoms with Crippen molar-refractivity contribution in [3.63, 3.8) is 0 Å². The third-order valence-electron chi connectivity index (χ3n) is 5.97. The average molecular weight is 338 g/mol. The zero-order valence-electron chi connectivity index (χ0n) is 15.5. The number of para-hydroxylation sites is 1. The van der Waals surface area contributed by atoms with E-state index in [0.717, 1.165) is 12.2 Å². The maximum atomic E-state index is 4.91. The SMILES string of the molecule is CC(C)c1nn(-c2ccccc2)cc1CN1CCC2(CCNCC2)C1. The second-order valence-electron chi connectivity index (χ2n) is 8.19. The minimum Gasteiger partial charge on any atom is -0.317 e. The van der Waals surface area contributed by atoms with E-state index in [9.17, 15) is 0 Å². The second-order valence-corrected chi connectivity index (χ2v) is 8.19. The van der Waals surface area contributed by atoms with Crippen LogP contribution in [0.4, 0.5) is 0 Å². The number of nitrogens with one attached hydrogen (secondary N) is 1. The molecule has 1 N–H and O–H groups in total. The van der Waals surface area contributed by atoms with Gasteiger partial charge in [0.1, 0.15) is 0 Å². The molecule has 25 heavy (non-hydrogen) atoms. The molecule has 2 fully saturated rings. The van der Waals surface area contributed by atoms with Gasteiger partial charge in [0, 0.05) is 24.8 Å². The molecule has 0 bridgehead atoms. The van der Waals surface area contributed by atoms with Crippen molar-refractivity contribution < 1.29 is 0 Å². The number of hydrogen-bond acceptors (Lipinski definition) is 3. The van der Waals surface area contributed by atoms with E-state index in [1.54, 1.807) is 0 Å². The monoisotopic (exact) mass is 338 g/mol. The fourth-order valence-corrected chi connectivity index (χ4v) is 4.51. The van der Waals surface area contributed by atoms with Crippen LogP contribution in [0.15, 0.2) is 36.5 Å². The van der Waals surface area contributed by atoms with Crippen LogP contribution < -0.4 is 5.32 Å². The number of rotatable bonds is 4. The van der Waals surface area contributed by atoms with Gasteiger partial charge in [-0.05, 0) is 62.4 Å². The zero-order chi connectivity index (χ0) is 17.3. The Morgan fingerprint density at radius 3 is 2.60 bits per heavy atom. The molecule has 4 rings (SSSR count). The summed E-state index contributed by atoms with van der Waals surface area (Å²) in [4.78, 5) is 2.66. The highest BCUT2D eigenvalue weighted by molar-refractivity contribution is 5.33. The van der Waals surface area contributed by atoms with Crippen LogP contribution in [0, 0.1) is 5.41 Å². The van der Waals surface area contributed by atoms with E-state index in [1.807, 2.05) is 0 Å². The Hall–Kier alpha value is -1.65. The van der Waals surface area contributed by atoms with Crippen LogP contribution in [0.5, 0.6) is 0 Å². The molecule has 2 aliphatic rings. The molecule has 2 aromatic rings. The molecule has 2 aliphatic heterocycles. The van der Waals surface area contributed by atoms with Gasteiger partial charge in [-0.2, -0.15) is 5.10 Å². The highest BCUT2D eigenvalue weighted by Gasteiger charge is 2.38. The molecule has 0 saturated carbocycles. The van der Waals surface area contributed by atoms with Gasteiger partial charge in [0.05, 0.1) is 11.4 Å². The summed E-state index contributed by atoms with van der Waals surface area (Å²) in [5, 5.41) is 8.42. The largest absolute Gasteiger partial charge is 0.317 e. The summed E-state index contributed by atoms with van der Waals surface area (Å²) in [5.41, 5.74) is 4.35. The first-order valence-electron chi connectivity index (χ1n) is 9.72. The van der Waals surface area contributed by atoms with E-state index in [4.69, 9.17) is 5.10 Å². The fraction of sp³-hybridized carbons (Fsp3) is 0.571. The summed E-state index contributed by atoms with van der Waals surface area (Å²) in [6.45, 7) is 10.4. The first-order valence-corrected chi connectivity index (χ1v) is 9.72. The molecule has 0 amide bonds. The quantitative estimate of drug-likeness (QED) is 0.925. The molecule has 0 unspecified atom stereocenters. The van der Waals surface area contributed by atoms with Gasteiger partial charge in [-0.3, -0.25) is 4.90 Å². The van der Waals surface area contributed by atoms with Gasteiger partial charge in [-0.15, -0.1) is 0 Å². The number of nitrogens with zero attached hydrogens (tertiary/aromatic N) is 3. The topological polar surface area (TPSA) is 33.1 Å². The Labute approximate surface area is 151 Å². The molecule has 1 aromatic carbocycles. The van der Waals surface area contributed by atoms with Crippen molar-refractivity contribution in [3.8, 4) is 5.69 Å². The minimum atomic E-state index is 0.454. The lowest BCUT2D eigenvalue weighted by atomic mass is 9.78. The summed E-state index contributed by atoms with van der Waals surface area (Å²) in [5.74, 6) is 0.454. The highest BCUT2D eigenvalue weighted by Crippen LogP contribution is 2.39. The number of piperidine rings is 1. The predicted molar refractivity (Wildman–Crippen MR) is 102 cm³/mol. The third kappa shape index (κ3) is 3.51. The molecule has 0 radical (unpaired) electrons. The second kappa shape index (κ2) is 6.93. The van der Waals surface area contributed by atoms with Crippen molar-refractivity contribution in [2.75, 3.05) is 26.2 Å². The third-order valence-corrected chi connectivity index (χ3v) is 5.97. The summed E-state index contributed by atoms with van der Waals surface area (Å²) in [6.07, 6.45) is 6.28. The van der Waals surface area contributed by atoms with Crippen molar-refractivity contribution in [1.82, 2.24) is 20.0 Å². The van der Waals surface area contributed by atoms with Crippen molar-refractivity contribution in [1.29, 1.82) is 0 Å². The Bertz CT molecular complexity index is 698. The number of benzene rings is 1. The molecule has 1 aromatic heterocycles. The fourth-order valence-electron chi connectivity index (χ4n) is 4.51.